The van der Waals surface area contributed by atoms with Crippen molar-refractivity contribution < 1.29 is 0 Å². The third-order valence-electron chi connectivity index (χ3n) is 2.67. The van der Waals surface area contributed by atoms with Crippen molar-refractivity contribution in [2.75, 3.05) is 26.2 Å². The first-order valence-corrected chi connectivity index (χ1v) is 5.55. The van der Waals surface area contributed by atoms with Crippen LogP contribution in [-0.4, -0.2) is 36.6 Å². The van der Waals surface area contributed by atoms with Gasteiger partial charge in [0.15, 0.2) is 0 Å². The molecule has 0 aromatic rings. The van der Waals surface area contributed by atoms with E-state index in [1.54, 1.807) is 0 Å². The molecule has 0 aromatic heterocycles. The Morgan fingerprint density at radius 2 is 2.29 bits per heavy atom. The van der Waals surface area contributed by atoms with Gasteiger partial charge in [-0.05, 0) is 46.3 Å². The maximum absolute atomic E-state index is 5.25. The first kappa shape index (κ1) is 11.6. The molecule has 14 heavy (non-hydrogen) atoms. The lowest BCUT2D eigenvalue weighted by Crippen LogP contribution is -2.46. The summed E-state index contributed by atoms with van der Waals surface area (Å²) in [6.07, 6.45) is 8.54. The SMILES string of the molecule is C#CCCCN1CCCNC(C)(C)C1. The molecule has 0 aliphatic carbocycles. The molecule has 0 atom stereocenters. The second-order valence-corrected chi connectivity index (χ2v) is 4.75. The Balaban J connectivity index is 2.33. The van der Waals surface area contributed by atoms with Crippen molar-refractivity contribution in [2.24, 2.45) is 0 Å². The van der Waals surface area contributed by atoms with Gasteiger partial charge < -0.3 is 10.2 Å². The number of hydrogen-bond donors (Lipinski definition) is 1. The molecule has 0 aromatic carbocycles. The van der Waals surface area contributed by atoms with Crippen LogP contribution >= 0.6 is 0 Å². The van der Waals surface area contributed by atoms with Gasteiger partial charge in [-0.25, -0.2) is 0 Å². The van der Waals surface area contributed by atoms with Crippen LogP contribution in [0.5, 0.6) is 0 Å². The molecule has 0 amide bonds. The molecule has 0 bridgehead atoms. The van der Waals surface area contributed by atoms with E-state index >= 15 is 0 Å². The second-order valence-electron chi connectivity index (χ2n) is 4.75. The smallest absolute Gasteiger partial charge is 0.0252 e. The lowest BCUT2D eigenvalue weighted by molar-refractivity contribution is 0.229. The molecule has 0 unspecified atom stereocenters. The van der Waals surface area contributed by atoms with Crippen molar-refractivity contribution >= 4 is 0 Å². The van der Waals surface area contributed by atoms with Crippen molar-refractivity contribution in [1.29, 1.82) is 0 Å². The summed E-state index contributed by atoms with van der Waals surface area (Å²) in [5.74, 6) is 2.70. The molecule has 1 aliphatic heterocycles. The predicted octanol–water partition coefficient (Wildman–Crippen LogP) is 1.47. The molecule has 0 spiro atoms. The Morgan fingerprint density at radius 3 is 3.00 bits per heavy atom. The van der Waals surface area contributed by atoms with Crippen LogP contribution in [0.25, 0.3) is 0 Å². The Kier molecular flexibility index (Phi) is 4.44. The standard InChI is InChI=1S/C12H22N2/c1-4-5-6-9-14-10-7-8-13-12(2,3)11-14/h1,13H,5-11H2,2-3H3. The minimum atomic E-state index is 0.257. The summed E-state index contributed by atoms with van der Waals surface area (Å²) < 4.78 is 0. The highest BCUT2D eigenvalue weighted by atomic mass is 15.2. The minimum absolute atomic E-state index is 0.257. The fourth-order valence-electron chi connectivity index (χ4n) is 2.02. The molecule has 1 aliphatic rings. The van der Waals surface area contributed by atoms with Crippen LogP contribution in [0.3, 0.4) is 0 Å². The zero-order valence-corrected chi connectivity index (χ0v) is 9.47. The number of nitrogens with one attached hydrogen (secondary N) is 1. The topological polar surface area (TPSA) is 15.3 Å². The average molecular weight is 194 g/mol. The molecule has 1 rings (SSSR count). The lowest BCUT2D eigenvalue weighted by Gasteiger charge is -2.29. The van der Waals surface area contributed by atoms with Crippen LogP contribution in [0.15, 0.2) is 0 Å². The summed E-state index contributed by atoms with van der Waals surface area (Å²) in [5, 5.41) is 3.56. The third-order valence-corrected chi connectivity index (χ3v) is 2.67. The van der Waals surface area contributed by atoms with Gasteiger partial charge in [0.1, 0.15) is 0 Å². The number of nitrogens with zero attached hydrogens (tertiary/aromatic N) is 1. The highest BCUT2D eigenvalue weighted by molar-refractivity contribution is 4.86. The van der Waals surface area contributed by atoms with Gasteiger partial charge in [0.2, 0.25) is 0 Å². The lowest BCUT2D eigenvalue weighted by atomic mass is 10.1. The third kappa shape index (κ3) is 4.13. The molecule has 1 N–H and O–H groups in total. The van der Waals surface area contributed by atoms with E-state index in [-0.39, 0.29) is 5.54 Å². The number of rotatable bonds is 3. The fourth-order valence-corrected chi connectivity index (χ4v) is 2.02. The van der Waals surface area contributed by atoms with Crippen molar-refractivity contribution in [3.8, 4) is 12.3 Å². The van der Waals surface area contributed by atoms with Gasteiger partial charge in [0.25, 0.3) is 0 Å². The summed E-state index contributed by atoms with van der Waals surface area (Å²) in [6.45, 7) is 9.17. The molecule has 1 fully saturated rings. The molecule has 0 saturated carbocycles. The van der Waals surface area contributed by atoms with Gasteiger partial charge in [-0.3, -0.25) is 0 Å². The van der Waals surface area contributed by atoms with Crippen LogP contribution < -0.4 is 5.32 Å². The first-order chi connectivity index (χ1) is 6.64. The van der Waals surface area contributed by atoms with Gasteiger partial charge in [-0.2, -0.15) is 0 Å². The molecule has 80 valence electrons. The zero-order chi connectivity index (χ0) is 10.4. The normalized spacial score (nSPS) is 22.6. The average Bonchev–Trinajstić information content (AvgIpc) is 2.27. The van der Waals surface area contributed by atoms with Crippen molar-refractivity contribution in [2.45, 2.75) is 38.6 Å². The summed E-state index contributed by atoms with van der Waals surface area (Å²) in [5.41, 5.74) is 0.257. The maximum atomic E-state index is 5.25. The van der Waals surface area contributed by atoms with Crippen molar-refractivity contribution in [3.05, 3.63) is 0 Å². The molecule has 2 nitrogen and oxygen atoms in total. The van der Waals surface area contributed by atoms with Gasteiger partial charge >= 0.3 is 0 Å². The van der Waals surface area contributed by atoms with Crippen molar-refractivity contribution in [1.82, 2.24) is 10.2 Å². The fraction of sp³-hybridized carbons (Fsp3) is 0.833. The van der Waals surface area contributed by atoms with E-state index in [9.17, 15) is 0 Å². The van der Waals surface area contributed by atoms with E-state index in [0.717, 1.165) is 32.5 Å². The Morgan fingerprint density at radius 1 is 1.50 bits per heavy atom. The molecular formula is C12H22N2. The van der Waals surface area contributed by atoms with Gasteiger partial charge in [-0.15, -0.1) is 12.3 Å². The van der Waals surface area contributed by atoms with Crippen LogP contribution in [-0.2, 0) is 0 Å². The number of hydrogen-bond acceptors (Lipinski definition) is 2. The zero-order valence-electron chi connectivity index (χ0n) is 9.47. The number of terminal acetylenes is 1. The quantitative estimate of drug-likeness (QED) is 0.541. The summed E-state index contributed by atoms with van der Waals surface area (Å²) in [4.78, 5) is 2.53. The van der Waals surface area contributed by atoms with Gasteiger partial charge in [0.05, 0.1) is 0 Å². The minimum Gasteiger partial charge on any atom is -0.310 e. The Labute approximate surface area is 88.1 Å². The van der Waals surface area contributed by atoms with Gasteiger partial charge in [0, 0.05) is 18.5 Å². The molecular weight excluding hydrogens is 172 g/mol. The summed E-state index contributed by atoms with van der Waals surface area (Å²) >= 11 is 0. The van der Waals surface area contributed by atoms with Crippen LogP contribution in [0, 0.1) is 12.3 Å². The van der Waals surface area contributed by atoms with E-state index < -0.39 is 0 Å². The van der Waals surface area contributed by atoms with E-state index in [1.165, 1.54) is 13.0 Å². The molecule has 1 saturated heterocycles. The molecule has 0 radical (unpaired) electrons. The Hall–Kier alpha value is -0.520. The predicted molar refractivity (Wildman–Crippen MR) is 61.2 cm³/mol. The molecule has 2 heteroatoms. The van der Waals surface area contributed by atoms with Crippen LogP contribution in [0.2, 0.25) is 0 Å². The van der Waals surface area contributed by atoms with E-state index in [1.807, 2.05) is 0 Å². The highest BCUT2D eigenvalue weighted by Crippen LogP contribution is 2.10. The monoisotopic (exact) mass is 194 g/mol. The Bertz CT molecular complexity index is 203. The first-order valence-electron chi connectivity index (χ1n) is 5.55. The van der Waals surface area contributed by atoms with Crippen LogP contribution in [0.1, 0.15) is 33.1 Å². The highest BCUT2D eigenvalue weighted by Gasteiger charge is 2.23. The maximum Gasteiger partial charge on any atom is 0.0252 e. The second kappa shape index (κ2) is 5.38. The van der Waals surface area contributed by atoms with E-state index in [4.69, 9.17) is 6.42 Å². The summed E-state index contributed by atoms with van der Waals surface area (Å²) in [7, 11) is 0. The largest absolute Gasteiger partial charge is 0.310 e. The van der Waals surface area contributed by atoms with E-state index in [0.29, 0.717) is 0 Å². The van der Waals surface area contributed by atoms with Crippen molar-refractivity contribution in [3.63, 3.8) is 0 Å². The van der Waals surface area contributed by atoms with Crippen LogP contribution in [0.4, 0.5) is 0 Å². The number of unbranched alkanes of at least 4 members (excludes halogenated alkanes) is 1. The van der Waals surface area contributed by atoms with Gasteiger partial charge in [-0.1, -0.05) is 0 Å². The summed E-state index contributed by atoms with van der Waals surface area (Å²) in [6, 6.07) is 0. The van der Waals surface area contributed by atoms with E-state index in [2.05, 4.69) is 30.0 Å². The molecule has 1 heterocycles.